The van der Waals surface area contributed by atoms with Gasteiger partial charge in [0.05, 0.1) is 25.0 Å². The molecule has 10 nitrogen and oxygen atoms in total. The largest absolute Gasteiger partial charge is 0.481 e. The molecule has 1 aliphatic heterocycles. The van der Waals surface area contributed by atoms with Crippen molar-refractivity contribution >= 4 is 17.8 Å². The van der Waals surface area contributed by atoms with Gasteiger partial charge in [-0.2, -0.15) is 9.97 Å². The number of carboxylic acids is 1. The summed E-state index contributed by atoms with van der Waals surface area (Å²) < 4.78 is 11.6. The third kappa shape index (κ3) is 7.34. The molecule has 2 N–H and O–H groups in total. The zero-order valence-electron chi connectivity index (χ0n) is 22.4. The molecule has 1 saturated carbocycles. The number of carbonyl (C=O) groups excluding carboxylic acids is 2. The van der Waals surface area contributed by atoms with E-state index < -0.39 is 35.9 Å². The second-order valence-corrected chi connectivity index (χ2v) is 10.1. The SMILES string of the molecule is COc1cc(OC2CC3C(=O)NC(C(=O)O)CCC=CCCCCN(C)C(=O)C3C2)nc(-c2ccccc2)n1. The average molecular weight is 537 g/mol. The van der Waals surface area contributed by atoms with Crippen LogP contribution in [-0.2, 0) is 14.4 Å². The molecule has 2 aliphatic rings. The number of ether oxygens (including phenoxy) is 2. The van der Waals surface area contributed by atoms with E-state index in [1.807, 2.05) is 42.5 Å². The maximum Gasteiger partial charge on any atom is 0.326 e. The van der Waals surface area contributed by atoms with Gasteiger partial charge in [-0.15, -0.1) is 0 Å². The molecule has 4 rings (SSSR count). The van der Waals surface area contributed by atoms with Crippen LogP contribution in [0.4, 0.5) is 0 Å². The molecule has 39 heavy (non-hydrogen) atoms. The zero-order valence-corrected chi connectivity index (χ0v) is 22.4. The summed E-state index contributed by atoms with van der Waals surface area (Å²) in [6, 6.07) is 9.98. The Balaban J connectivity index is 1.57. The van der Waals surface area contributed by atoms with Gasteiger partial charge in [0.2, 0.25) is 23.6 Å². The van der Waals surface area contributed by atoms with Crippen molar-refractivity contribution in [2.24, 2.45) is 11.8 Å². The lowest BCUT2D eigenvalue weighted by atomic mass is 9.93. The minimum atomic E-state index is -1.09. The lowest BCUT2D eigenvalue weighted by Crippen LogP contribution is -2.46. The van der Waals surface area contributed by atoms with E-state index in [1.165, 1.54) is 7.11 Å². The van der Waals surface area contributed by atoms with Crippen LogP contribution >= 0.6 is 0 Å². The number of benzene rings is 1. The molecule has 0 bridgehead atoms. The number of rotatable bonds is 5. The Morgan fingerprint density at radius 1 is 1.03 bits per heavy atom. The van der Waals surface area contributed by atoms with Crippen molar-refractivity contribution in [3.8, 4) is 23.1 Å². The predicted octanol–water partition coefficient (Wildman–Crippen LogP) is 3.47. The first-order valence-electron chi connectivity index (χ1n) is 13.4. The minimum absolute atomic E-state index is 0.135. The van der Waals surface area contributed by atoms with Crippen molar-refractivity contribution in [3.05, 3.63) is 48.6 Å². The average Bonchev–Trinajstić information content (AvgIpc) is 3.36. The van der Waals surface area contributed by atoms with Crippen molar-refractivity contribution in [1.82, 2.24) is 20.2 Å². The molecule has 1 fully saturated rings. The Bertz CT molecular complexity index is 1190. The number of methoxy groups -OCH3 is 1. The summed E-state index contributed by atoms with van der Waals surface area (Å²) in [5.74, 6) is -1.97. The van der Waals surface area contributed by atoms with Crippen LogP contribution in [0, 0.1) is 11.8 Å². The summed E-state index contributed by atoms with van der Waals surface area (Å²) in [5.41, 5.74) is 0.794. The molecule has 1 aromatic heterocycles. The Labute approximate surface area is 228 Å². The van der Waals surface area contributed by atoms with E-state index in [0.717, 1.165) is 24.8 Å². The van der Waals surface area contributed by atoms with Gasteiger partial charge in [-0.05, 0) is 44.9 Å². The maximum absolute atomic E-state index is 13.5. The van der Waals surface area contributed by atoms with E-state index >= 15 is 0 Å². The number of aromatic nitrogens is 2. The van der Waals surface area contributed by atoms with Crippen molar-refractivity contribution in [2.45, 2.75) is 57.1 Å². The molecule has 1 aromatic carbocycles. The van der Waals surface area contributed by atoms with E-state index in [2.05, 4.69) is 15.3 Å². The Kier molecular flexibility index (Phi) is 9.51. The number of carboxylic acid groups (broad SMARTS) is 1. The smallest absolute Gasteiger partial charge is 0.326 e. The molecule has 10 heteroatoms. The van der Waals surface area contributed by atoms with Crippen molar-refractivity contribution in [3.63, 3.8) is 0 Å². The maximum atomic E-state index is 13.5. The van der Waals surface area contributed by atoms with Crippen LogP contribution in [0.5, 0.6) is 11.8 Å². The zero-order chi connectivity index (χ0) is 27.8. The molecule has 0 radical (unpaired) electrons. The second kappa shape index (κ2) is 13.2. The quantitative estimate of drug-likeness (QED) is 0.556. The van der Waals surface area contributed by atoms with Gasteiger partial charge >= 0.3 is 5.97 Å². The third-order valence-corrected chi connectivity index (χ3v) is 7.27. The molecule has 4 unspecified atom stereocenters. The van der Waals surface area contributed by atoms with Gasteiger partial charge in [0.1, 0.15) is 12.1 Å². The standard InChI is InChI=1S/C29H36N4O6/c1-33-15-11-6-4-3-5-10-14-23(29(36)37)30-27(34)21-16-20(17-22(21)28(33)35)39-25-18-24(38-2)31-26(32-25)19-12-8-7-9-13-19/h3,5,7-9,12-13,18,20-23H,4,6,10-11,14-17H2,1-2H3,(H,30,34)(H,36,37). The van der Waals surface area contributed by atoms with E-state index in [-0.39, 0.29) is 24.6 Å². The highest BCUT2D eigenvalue weighted by molar-refractivity contribution is 5.90. The summed E-state index contributed by atoms with van der Waals surface area (Å²) in [4.78, 5) is 49.3. The number of carbonyl (C=O) groups is 3. The van der Waals surface area contributed by atoms with Crippen molar-refractivity contribution < 1.29 is 29.0 Å². The molecule has 0 saturated heterocycles. The summed E-state index contributed by atoms with van der Waals surface area (Å²) in [6.45, 7) is 0.588. The second-order valence-electron chi connectivity index (χ2n) is 10.1. The van der Waals surface area contributed by atoms with Crippen molar-refractivity contribution in [2.75, 3.05) is 20.7 Å². The first-order valence-corrected chi connectivity index (χ1v) is 13.4. The van der Waals surface area contributed by atoms with Crippen molar-refractivity contribution in [1.29, 1.82) is 0 Å². The summed E-state index contributed by atoms with van der Waals surface area (Å²) in [6.07, 6.45) is 7.55. The van der Waals surface area contributed by atoms with Crippen LogP contribution in [0.1, 0.15) is 44.9 Å². The van der Waals surface area contributed by atoms with Gasteiger partial charge in [0, 0.05) is 19.2 Å². The Hall–Kier alpha value is -3.95. The molecule has 1 aliphatic carbocycles. The number of aliphatic carboxylic acids is 1. The van der Waals surface area contributed by atoms with Crippen LogP contribution in [0.3, 0.4) is 0 Å². The highest BCUT2D eigenvalue weighted by Crippen LogP contribution is 2.37. The van der Waals surface area contributed by atoms with E-state index in [0.29, 0.717) is 31.1 Å². The predicted molar refractivity (Wildman–Crippen MR) is 144 cm³/mol. The summed E-state index contributed by atoms with van der Waals surface area (Å²) in [5, 5.41) is 12.4. The first kappa shape index (κ1) is 28.1. The number of hydrogen-bond donors (Lipinski definition) is 2. The lowest BCUT2D eigenvalue weighted by molar-refractivity contribution is -0.144. The summed E-state index contributed by atoms with van der Waals surface area (Å²) in [7, 11) is 3.26. The van der Waals surface area contributed by atoms with E-state index in [9.17, 15) is 19.5 Å². The molecule has 2 aromatic rings. The van der Waals surface area contributed by atoms with E-state index in [1.54, 1.807) is 18.0 Å². The molecule has 2 amide bonds. The normalized spacial score (nSPS) is 24.7. The topological polar surface area (TPSA) is 131 Å². The number of nitrogens with zero attached hydrogens (tertiary/aromatic N) is 3. The van der Waals surface area contributed by atoms with Gasteiger partial charge in [0.15, 0.2) is 5.82 Å². The van der Waals surface area contributed by atoms with Crippen LogP contribution in [0.2, 0.25) is 0 Å². The fourth-order valence-corrected chi connectivity index (χ4v) is 5.15. The van der Waals surface area contributed by atoms with Gasteiger partial charge in [0.25, 0.3) is 0 Å². The van der Waals surface area contributed by atoms with Crippen LogP contribution < -0.4 is 14.8 Å². The fourth-order valence-electron chi connectivity index (χ4n) is 5.15. The number of allylic oxidation sites excluding steroid dienone is 2. The number of fused-ring (bicyclic) bond motifs is 1. The summed E-state index contributed by atoms with van der Waals surface area (Å²) >= 11 is 0. The fraction of sp³-hybridized carbons (Fsp3) is 0.483. The van der Waals surface area contributed by atoms with Crippen LogP contribution in [0.25, 0.3) is 11.4 Å². The molecular weight excluding hydrogens is 500 g/mol. The minimum Gasteiger partial charge on any atom is -0.481 e. The van der Waals surface area contributed by atoms with Gasteiger partial charge < -0.3 is 24.8 Å². The third-order valence-electron chi connectivity index (χ3n) is 7.27. The monoisotopic (exact) mass is 536 g/mol. The van der Waals surface area contributed by atoms with Crippen LogP contribution in [-0.4, -0.2) is 70.6 Å². The molecule has 4 atom stereocenters. The molecule has 2 heterocycles. The van der Waals surface area contributed by atoms with Gasteiger partial charge in [-0.25, -0.2) is 4.79 Å². The highest BCUT2D eigenvalue weighted by atomic mass is 16.5. The highest BCUT2D eigenvalue weighted by Gasteiger charge is 2.45. The van der Waals surface area contributed by atoms with Crippen LogP contribution in [0.15, 0.2) is 48.6 Å². The molecule has 0 spiro atoms. The van der Waals surface area contributed by atoms with Gasteiger partial charge in [-0.1, -0.05) is 42.5 Å². The molecular formula is C29H36N4O6. The number of amides is 2. The first-order chi connectivity index (χ1) is 18.9. The van der Waals surface area contributed by atoms with E-state index in [4.69, 9.17) is 9.47 Å². The Morgan fingerprint density at radius 2 is 1.74 bits per heavy atom. The lowest BCUT2D eigenvalue weighted by Gasteiger charge is -2.25. The Morgan fingerprint density at radius 3 is 2.49 bits per heavy atom. The number of nitrogens with one attached hydrogen (secondary N) is 1. The molecule has 208 valence electrons. The van der Waals surface area contributed by atoms with Gasteiger partial charge in [-0.3, -0.25) is 9.59 Å². The number of hydrogen-bond acceptors (Lipinski definition) is 7.